The maximum absolute atomic E-state index is 15.1. The number of benzene rings is 2. The number of hydrogen-bond acceptors (Lipinski definition) is 1. The highest BCUT2D eigenvalue weighted by Crippen LogP contribution is 2.41. The molecule has 0 unspecified atom stereocenters. The molecular weight excluding hydrogens is 476 g/mol. The van der Waals surface area contributed by atoms with Crippen LogP contribution in [0.25, 0.3) is 11.1 Å². The van der Waals surface area contributed by atoms with Crippen LogP contribution in [0.15, 0.2) is 36.4 Å². The standard InChI is InChI=1S/C32H40F4O/c1-3-21-9-11-22(12-10-21)7-5-6-8-23-13-15-24(16-14-23)25-17-18-26(30(34)29(25)33)27-19-20-28(37-4-2)32(36)31(27)35/h5,7,17-24H,3-4,6,8-16H2,1-2H3/b7-5+. The monoisotopic (exact) mass is 516 g/mol. The minimum atomic E-state index is -1.24. The molecule has 202 valence electrons. The fourth-order valence-electron chi connectivity index (χ4n) is 6.27. The van der Waals surface area contributed by atoms with Gasteiger partial charge in [0, 0.05) is 11.1 Å². The van der Waals surface area contributed by atoms with Crippen molar-refractivity contribution in [2.45, 2.75) is 90.4 Å². The van der Waals surface area contributed by atoms with Crippen LogP contribution in [0.1, 0.15) is 96.0 Å². The molecule has 0 amide bonds. The van der Waals surface area contributed by atoms with Crippen molar-refractivity contribution in [3.05, 3.63) is 65.2 Å². The summed E-state index contributed by atoms with van der Waals surface area (Å²) in [4.78, 5) is 0. The number of halogens is 4. The Morgan fingerprint density at radius 1 is 0.730 bits per heavy atom. The minimum Gasteiger partial charge on any atom is -0.491 e. The van der Waals surface area contributed by atoms with E-state index in [9.17, 15) is 8.78 Å². The highest BCUT2D eigenvalue weighted by Gasteiger charge is 2.27. The summed E-state index contributed by atoms with van der Waals surface area (Å²) in [5.41, 5.74) is -0.238. The van der Waals surface area contributed by atoms with Gasteiger partial charge in [-0.25, -0.2) is 13.2 Å². The third-order valence-electron chi connectivity index (χ3n) is 8.65. The van der Waals surface area contributed by atoms with Crippen LogP contribution in [0.2, 0.25) is 0 Å². The zero-order chi connectivity index (χ0) is 26.4. The second-order valence-electron chi connectivity index (χ2n) is 10.9. The molecule has 5 heteroatoms. The zero-order valence-electron chi connectivity index (χ0n) is 22.2. The summed E-state index contributed by atoms with van der Waals surface area (Å²) in [5.74, 6) is -2.52. The molecule has 1 nitrogen and oxygen atoms in total. The van der Waals surface area contributed by atoms with Gasteiger partial charge in [0.05, 0.1) is 6.61 Å². The van der Waals surface area contributed by atoms with Crippen LogP contribution >= 0.6 is 0 Å². The topological polar surface area (TPSA) is 9.23 Å². The third-order valence-corrected chi connectivity index (χ3v) is 8.65. The summed E-state index contributed by atoms with van der Waals surface area (Å²) in [6.45, 7) is 4.12. The minimum absolute atomic E-state index is 0.0500. The first-order valence-corrected chi connectivity index (χ1v) is 14.2. The lowest BCUT2D eigenvalue weighted by Gasteiger charge is -2.29. The maximum atomic E-state index is 15.1. The van der Waals surface area contributed by atoms with E-state index < -0.39 is 23.3 Å². The molecule has 0 aromatic heterocycles. The van der Waals surface area contributed by atoms with E-state index >= 15 is 8.78 Å². The molecular formula is C32H40F4O. The summed E-state index contributed by atoms with van der Waals surface area (Å²) in [6.07, 6.45) is 17.3. The normalized spacial score (nSPS) is 24.5. The molecule has 0 spiro atoms. The van der Waals surface area contributed by atoms with E-state index in [0.717, 1.165) is 50.4 Å². The van der Waals surface area contributed by atoms with Crippen molar-refractivity contribution in [3.8, 4) is 16.9 Å². The van der Waals surface area contributed by atoms with Crippen LogP contribution in [-0.2, 0) is 0 Å². The quantitative estimate of drug-likeness (QED) is 0.238. The molecule has 0 aliphatic heterocycles. The number of ether oxygens (including phenoxy) is 1. The van der Waals surface area contributed by atoms with Gasteiger partial charge in [0.2, 0.25) is 5.82 Å². The van der Waals surface area contributed by atoms with E-state index in [1.807, 2.05) is 0 Å². The lowest BCUT2D eigenvalue weighted by Crippen LogP contribution is -2.15. The Labute approximate surface area is 219 Å². The van der Waals surface area contributed by atoms with Crippen molar-refractivity contribution in [1.29, 1.82) is 0 Å². The Bertz CT molecular complexity index is 1060. The number of hydrogen-bond donors (Lipinski definition) is 0. The van der Waals surface area contributed by atoms with Gasteiger partial charge in [-0.2, -0.15) is 4.39 Å². The first-order chi connectivity index (χ1) is 17.9. The van der Waals surface area contributed by atoms with E-state index in [4.69, 9.17) is 4.74 Å². The summed E-state index contributed by atoms with van der Waals surface area (Å²) < 4.78 is 64.1. The Hall–Kier alpha value is -2.30. The molecule has 2 saturated carbocycles. The van der Waals surface area contributed by atoms with E-state index in [0.29, 0.717) is 11.5 Å². The molecule has 0 atom stereocenters. The molecule has 4 rings (SSSR count). The van der Waals surface area contributed by atoms with E-state index in [-0.39, 0.29) is 29.4 Å². The molecule has 0 heterocycles. The van der Waals surface area contributed by atoms with Crippen LogP contribution in [0.4, 0.5) is 17.6 Å². The van der Waals surface area contributed by atoms with Gasteiger partial charge < -0.3 is 4.74 Å². The van der Waals surface area contributed by atoms with Crippen molar-refractivity contribution in [1.82, 2.24) is 0 Å². The van der Waals surface area contributed by atoms with E-state index in [1.165, 1.54) is 50.3 Å². The van der Waals surface area contributed by atoms with Gasteiger partial charge in [-0.1, -0.05) is 37.6 Å². The zero-order valence-corrected chi connectivity index (χ0v) is 22.2. The molecule has 0 bridgehead atoms. The van der Waals surface area contributed by atoms with Gasteiger partial charge in [0.1, 0.15) is 0 Å². The van der Waals surface area contributed by atoms with Gasteiger partial charge in [0.25, 0.3) is 0 Å². The van der Waals surface area contributed by atoms with Crippen molar-refractivity contribution < 1.29 is 22.3 Å². The number of allylic oxidation sites excluding steroid dienone is 2. The van der Waals surface area contributed by atoms with Crippen molar-refractivity contribution in [2.75, 3.05) is 6.61 Å². The van der Waals surface area contributed by atoms with Gasteiger partial charge in [-0.3, -0.25) is 0 Å². The highest BCUT2D eigenvalue weighted by molar-refractivity contribution is 5.66. The van der Waals surface area contributed by atoms with Gasteiger partial charge in [-0.15, -0.1) is 0 Å². The average molecular weight is 517 g/mol. The largest absolute Gasteiger partial charge is 0.491 e. The summed E-state index contributed by atoms with van der Waals surface area (Å²) >= 11 is 0. The van der Waals surface area contributed by atoms with Crippen LogP contribution in [0, 0.1) is 41.0 Å². The Morgan fingerprint density at radius 3 is 2.00 bits per heavy atom. The lowest BCUT2D eigenvalue weighted by molar-refractivity contribution is 0.300. The second-order valence-corrected chi connectivity index (χ2v) is 10.9. The Balaban J connectivity index is 1.32. The summed E-state index contributed by atoms with van der Waals surface area (Å²) in [7, 11) is 0. The van der Waals surface area contributed by atoms with E-state index in [1.54, 1.807) is 13.0 Å². The molecule has 2 aromatic rings. The predicted octanol–water partition coefficient (Wildman–Crippen LogP) is 10.1. The SMILES string of the molecule is CCOc1ccc(-c2ccc(C3CCC(CC/C=C/C4CCC(CC)CC4)CC3)c(F)c2F)c(F)c1F. The van der Waals surface area contributed by atoms with Gasteiger partial charge >= 0.3 is 0 Å². The van der Waals surface area contributed by atoms with Crippen LogP contribution < -0.4 is 4.74 Å². The smallest absolute Gasteiger partial charge is 0.201 e. The first-order valence-electron chi connectivity index (χ1n) is 14.2. The fourth-order valence-corrected chi connectivity index (χ4v) is 6.27. The first kappa shape index (κ1) is 27.7. The molecule has 0 radical (unpaired) electrons. The molecule has 2 aliphatic rings. The van der Waals surface area contributed by atoms with Crippen LogP contribution in [0.3, 0.4) is 0 Å². The second kappa shape index (κ2) is 13.0. The summed E-state index contributed by atoms with van der Waals surface area (Å²) in [5, 5.41) is 0. The van der Waals surface area contributed by atoms with Crippen LogP contribution in [0.5, 0.6) is 5.75 Å². The lowest BCUT2D eigenvalue weighted by atomic mass is 9.76. The molecule has 0 saturated heterocycles. The van der Waals surface area contributed by atoms with Crippen LogP contribution in [-0.4, -0.2) is 6.61 Å². The van der Waals surface area contributed by atoms with Gasteiger partial charge in [-0.05, 0) is 112 Å². The maximum Gasteiger partial charge on any atom is 0.201 e. The molecule has 0 N–H and O–H groups in total. The number of rotatable bonds is 9. The molecule has 2 fully saturated rings. The molecule has 2 aromatic carbocycles. The summed E-state index contributed by atoms with van der Waals surface area (Å²) in [6, 6.07) is 5.39. The third kappa shape index (κ3) is 6.59. The predicted molar refractivity (Wildman–Crippen MR) is 142 cm³/mol. The Morgan fingerprint density at radius 2 is 1.35 bits per heavy atom. The Kier molecular flexibility index (Phi) is 9.72. The van der Waals surface area contributed by atoms with Gasteiger partial charge in [0.15, 0.2) is 23.2 Å². The van der Waals surface area contributed by atoms with Crippen molar-refractivity contribution >= 4 is 0 Å². The fraction of sp³-hybridized carbons (Fsp3) is 0.562. The average Bonchev–Trinajstić information content (AvgIpc) is 2.92. The molecule has 37 heavy (non-hydrogen) atoms. The molecule has 2 aliphatic carbocycles. The van der Waals surface area contributed by atoms with Crippen molar-refractivity contribution in [3.63, 3.8) is 0 Å². The highest BCUT2D eigenvalue weighted by atomic mass is 19.2. The van der Waals surface area contributed by atoms with Crippen molar-refractivity contribution in [2.24, 2.45) is 17.8 Å². The van der Waals surface area contributed by atoms with E-state index in [2.05, 4.69) is 19.1 Å².